The summed E-state index contributed by atoms with van der Waals surface area (Å²) >= 11 is 0. The number of fused-ring (bicyclic) bond motifs is 1. The van der Waals surface area contributed by atoms with Crippen LogP contribution in [0.2, 0.25) is 0 Å². The first-order valence-corrected chi connectivity index (χ1v) is 5.99. The normalized spacial score (nSPS) is 35.3. The summed E-state index contributed by atoms with van der Waals surface area (Å²) in [6.07, 6.45) is 9.62. The maximum absolute atomic E-state index is 10.9. The second-order valence-corrected chi connectivity index (χ2v) is 5.23. The number of hydrogen-bond acceptors (Lipinski definition) is 2. The molecule has 0 aromatic heterocycles. The summed E-state index contributed by atoms with van der Waals surface area (Å²) in [5, 5.41) is 0. The molecule has 0 heterocycles. The van der Waals surface area contributed by atoms with Crippen molar-refractivity contribution in [1.82, 2.24) is 0 Å². The third-order valence-corrected chi connectivity index (χ3v) is 4.01. The molecule has 1 saturated carbocycles. The molecule has 0 saturated heterocycles. The Bertz CT molecular complexity index is 293. The lowest BCUT2D eigenvalue weighted by atomic mass is 9.63. The fourth-order valence-electron chi connectivity index (χ4n) is 3.01. The highest BCUT2D eigenvalue weighted by atomic mass is 16.5. The molecule has 0 aromatic carbocycles. The van der Waals surface area contributed by atoms with Gasteiger partial charge in [-0.05, 0) is 36.7 Å². The van der Waals surface area contributed by atoms with Gasteiger partial charge in [0.2, 0.25) is 0 Å². The van der Waals surface area contributed by atoms with Crippen LogP contribution in [0.4, 0.5) is 0 Å². The molecule has 0 aliphatic heterocycles. The van der Waals surface area contributed by atoms with Gasteiger partial charge < -0.3 is 4.74 Å². The van der Waals surface area contributed by atoms with E-state index in [9.17, 15) is 4.79 Å². The quantitative estimate of drug-likeness (QED) is 0.617. The Morgan fingerprint density at radius 2 is 2.27 bits per heavy atom. The Hall–Kier alpha value is -0.790. The van der Waals surface area contributed by atoms with Crippen molar-refractivity contribution in [3.63, 3.8) is 0 Å². The predicted octanol–water partition coefficient (Wildman–Crippen LogP) is 3.42. The van der Waals surface area contributed by atoms with Gasteiger partial charge in [0.25, 0.3) is 0 Å². The van der Waals surface area contributed by atoms with Crippen LogP contribution in [-0.2, 0) is 9.53 Å². The summed E-state index contributed by atoms with van der Waals surface area (Å²) in [4.78, 5) is 10.9. The molecule has 2 aliphatic rings. The minimum Gasteiger partial charge on any atom is -0.432 e. The second-order valence-electron chi connectivity index (χ2n) is 5.23. The van der Waals surface area contributed by atoms with Crippen molar-refractivity contribution in [2.24, 2.45) is 11.3 Å². The minimum atomic E-state index is -0.180. The number of ether oxygens (including phenoxy) is 1. The first-order chi connectivity index (χ1) is 7.10. The van der Waals surface area contributed by atoms with Gasteiger partial charge in [0.15, 0.2) is 0 Å². The maximum Gasteiger partial charge on any atom is 0.307 e. The van der Waals surface area contributed by atoms with E-state index in [0.29, 0.717) is 11.3 Å². The monoisotopic (exact) mass is 208 g/mol. The zero-order valence-corrected chi connectivity index (χ0v) is 9.71. The average molecular weight is 208 g/mol. The van der Waals surface area contributed by atoms with Crippen LogP contribution < -0.4 is 0 Å². The van der Waals surface area contributed by atoms with Gasteiger partial charge in [0.1, 0.15) is 5.76 Å². The van der Waals surface area contributed by atoms with E-state index in [2.05, 4.69) is 13.0 Å². The Balaban J connectivity index is 2.10. The van der Waals surface area contributed by atoms with Gasteiger partial charge in [-0.2, -0.15) is 0 Å². The SMILES string of the molecule is CC(=O)OC1=C[C@@H]2CCCC[C@]2(C)CC1. The molecule has 2 atom stereocenters. The van der Waals surface area contributed by atoms with Crippen LogP contribution >= 0.6 is 0 Å². The number of allylic oxidation sites excluding steroid dienone is 2. The molecule has 0 spiro atoms. The summed E-state index contributed by atoms with van der Waals surface area (Å²) in [7, 11) is 0. The second kappa shape index (κ2) is 3.99. The Kier molecular flexibility index (Phi) is 2.85. The fourth-order valence-corrected chi connectivity index (χ4v) is 3.01. The smallest absolute Gasteiger partial charge is 0.307 e. The predicted molar refractivity (Wildman–Crippen MR) is 59.1 cm³/mol. The van der Waals surface area contributed by atoms with Crippen molar-refractivity contribution in [2.45, 2.75) is 52.4 Å². The van der Waals surface area contributed by atoms with Crippen LogP contribution in [0.1, 0.15) is 52.4 Å². The van der Waals surface area contributed by atoms with Gasteiger partial charge in [0, 0.05) is 13.3 Å². The molecule has 0 amide bonds. The van der Waals surface area contributed by atoms with Crippen molar-refractivity contribution in [2.75, 3.05) is 0 Å². The van der Waals surface area contributed by atoms with E-state index in [1.165, 1.54) is 39.0 Å². The van der Waals surface area contributed by atoms with Gasteiger partial charge >= 0.3 is 5.97 Å². The first kappa shape index (κ1) is 10.7. The molecule has 0 radical (unpaired) electrons. The molecule has 0 N–H and O–H groups in total. The third-order valence-electron chi connectivity index (χ3n) is 4.01. The van der Waals surface area contributed by atoms with Crippen LogP contribution in [0, 0.1) is 11.3 Å². The van der Waals surface area contributed by atoms with Gasteiger partial charge in [-0.3, -0.25) is 4.79 Å². The molecule has 2 heteroatoms. The van der Waals surface area contributed by atoms with Crippen LogP contribution in [0.25, 0.3) is 0 Å². The molecule has 2 rings (SSSR count). The van der Waals surface area contributed by atoms with Crippen LogP contribution in [0.3, 0.4) is 0 Å². The van der Waals surface area contributed by atoms with Crippen LogP contribution in [-0.4, -0.2) is 5.97 Å². The largest absolute Gasteiger partial charge is 0.432 e. The molecule has 2 aliphatic carbocycles. The first-order valence-electron chi connectivity index (χ1n) is 5.99. The van der Waals surface area contributed by atoms with Crippen LogP contribution in [0.15, 0.2) is 11.8 Å². The Morgan fingerprint density at radius 3 is 3.00 bits per heavy atom. The molecule has 0 aromatic rings. The molecule has 15 heavy (non-hydrogen) atoms. The van der Waals surface area contributed by atoms with Crippen molar-refractivity contribution in [3.05, 3.63) is 11.8 Å². The van der Waals surface area contributed by atoms with Crippen LogP contribution in [0.5, 0.6) is 0 Å². The minimum absolute atomic E-state index is 0.180. The molecule has 0 unspecified atom stereocenters. The van der Waals surface area contributed by atoms with E-state index < -0.39 is 0 Å². The zero-order chi connectivity index (χ0) is 10.9. The van der Waals surface area contributed by atoms with E-state index in [1.54, 1.807) is 0 Å². The Labute approximate surface area is 91.7 Å². The number of carbonyl (C=O) groups is 1. The maximum atomic E-state index is 10.9. The van der Waals surface area contributed by atoms with Gasteiger partial charge in [0.05, 0.1) is 0 Å². The van der Waals surface area contributed by atoms with Gasteiger partial charge in [-0.15, -0.1) is 0 Å². The van der Waals surface area contributed by atoms with Crippen molar-refractivity contribution in [3.8, 4) is 0 Å². The summed E-state index contributed by atoms with van der Waals surface area (Å²) < 4.78 is 5.21. The van der Waals surface area contributed by atoms with Crippen molar-refractivity contribution >= 4 is 5.97 Å². The highest BCUT2D eigenvalue weighted by Gasteiger charge is 2.38. The third kappa shape index (κ3) is 2.24. The molecular formula is C13H20O2. The summed E-state index contributed by atoms with van der Waals surface area (Å²) in [5.41, 5.74) is 0.474. The standard InChI is InChI=1S/C13H20O2/c1-10(14)15-12-6-8-13(2)7-4-3-5-11(13)9-12/h9,11H,3-8H2,1-2H3/t11-,13+/m0/s1. The van der Waals surface area contributed by atoms with E-state index in [1.807, 2.05) is 0 Å². The van der Waals surface area contributed by atoms with E-state index in [-0.39, 0.29) is 5.97 Å². The lowest BCUT2D eigenvalue weighted by molar-refractivity contribution is -0.137. The lowest BCUT2D eigenvalue weighted by Gasteiger charge is -2.43. The number of esters is 1. The van der Waals surface area contributed by atoms with E-state index in [4.69, 9.17) is 4.74 Å². The summed E-state index contributed by atoms with van der Waals surface area (Å²) in [5.74, 6) is 1.36. The molecule has 2 nitrogen and oxygen atoms in total. The zero-order valence-electron chi connectivity index (χ0n) is 9.71. The lowest BCUT2D eigenvalue weighted by Crippen LogP contribution is -2.33. The molecule has 84 valence electrons. The highest BCUT2D eigenvalue weighted by Crippen LogP contribution is 2.48. The van der Waals surface area contributed by atoms with E-state index >= 15 is 0 Å². The average Bonchev–Trinajstić information content (AvgIpc) is 2.17. The molecular weight excluding hydrogens is 188 g/mol. The van der Waals surface area contributed by atoms with E-state index in [0.717, 1.165) is 12.2 Å². The summed E-state index contributed by atoms with van der Waals surface area (Å²) in [6.45, 7) is 3.87. The number of hydrogen-bond donors (Lipinski definition) is 0. The summed E-state index contributed by atoms with van der Waals surface area (Å²) in [6, 6.07) is 0. The van der Waals surface area contributed by atoms with Crippen molar-refractivity contribution in [1.29, 1.82) is 0 Å². The Morgan fingerprint density at radius 1 is 1.47 bits per heavy atom. The molecule has 0 bridgehead atoms. The van der Waals surface area contributed by atoms with Crippen molar-refractivity contribution < 1.29 is 9.53 Å². The molecule has 1 fully saturated rings. The van der Waals surface area contributed by atoms with Gasteiger partial charge in [-0.1, -0.05) is 19.8 Å². The highest BCUT2D eigenvalue weighted by molar-refractivity contribution is 5.67. The number of carbonyl (C=O) groups excluding carboxylic acids is 1. The fraction of sp³-hybridized carbons (Fsp3) is 0.769. The van der Waals surface area contributed by atoms with Gasteiger partial charge in [-0.25, -0.2) is 0 Å². The number of rotatable bonds is 1. The topological polar surface area (TPSA) is 26.3 Å².